The Balaban J connectivity index is 2.12. The molecule has 0 radical (unpaired) electrons. The Morgan fingerprint density at radius 2 is 1.89 bits per heavy atom. The predicted molar refractivity (Wildman–Crippen MR) is 64.1 cm³/mol. The van der Waals surface area contributed by atoms with Crippen LogP contribution in [-0.2, 0) is 6.54 Å². The molecule has 0 bridgehead atoms. The van der Waals surface area contributed by atoms with E-state index in [-0.39, 0.29) is 18.0 Å². The van der Waals surface area contributed by atoms with Crippen LogP contribution in [0.2, 0.25) is 0 Å². The summed E-state index contributed by atoms with van der Waals surface area (Å²) < 4.78 is 31.0. The fourth-order valence-electron chi connectivity index (χ4n) is 1.65. The molecule has 19 heavy (non-hydrogen) atoms. The third-order valence-corrected chi connectivity index (χ3v) is 2.58. The summed E-state index contributed by atoms with van der Waals surface area (Å²) in [4.78, 5) is 10.7. The largest absolute Gasteiger partial charge is 0.475 e. The lowest BCUT2D eigenvalue weighted by Crippen LogP contribution is -2.00. The van der Waals surface area contributed by atoms with E-state index in [2.05, 4.69) is 5.32 Å². The molecule has 1 heterocycles. The molecule has 0 saturated carbocycles. The summed E-state index contributed by atoms with van der Waals surface area (Å²) in [5.41, 5.74) is 0.886. The van der Waals surface area contributed by atoms with Crippen molar-refractivity contribution in [3.05, 3.63) is 53.0 Å². The van der Waals surface area contributed by atoms with Gasteiger partial charge in [-0.3, -0.25) is 0 Å². The summed E-state index contributed by atoms with van der Waals surface area (Å²) in [5, 5.41) is 11.6. The lowest BCUT2D eigenvalue weighted by atomic mass is 10.2. The van der Waals surface area contributed by atoms with E-state index in [1.165, 1.54) is 6.07 Å². The molecule has 1 aromatic carbocycles. The molecule has 0 atom stereocenters. The number of nitrogens with one attached hydrogen (secondary N) is 1. The van der Waals surface area contributed by atoms with Crippen molar-refractivity contribution in [2.75, 3.05) is 5.32 Å². The monoisotopic (exact) mass is 267 g/mol. The number of aromatic carboxylic acids is 1. The van der Waals surface area contributed by atoms with Gasteiger partial charge in [0.2, 0.25) is 5.76 Å². The molecule has 4 nitrogen and oxygen atoms in total. The van der Waals surface area contributed by atoms with Gasteiger partial charge in [0, 0.05) is 23.9 Å². The van der Waals surface area contributed by atoms with E-state index in [0.717, 1.165) is 18.2 Å². The van der Waals surface area contributed by atoms with Gasteiger partial charge >= 0.3 is 5.97 Å². The zero-order valence-electron chi connectivity index (χ0n) is 10.0. The van der Waals surface area contributed by atoms with Crippen molar-refractivity contribution >= 4 is 11.7 Å². The minimum Gasteiger partial charge on any atom is -0.475 e. The van der Waals surface area contributed by atoms with Gasteiger partial charge in [0.1, 0.15) is 17.4 Å². The van der Waals surface area contributed by atoms with E-state index in [1.807, 2.05) is 0 Å². The van der Waals surface area contributed by atoms with Crippen molar-refractivity contribution in [3.8, 4) is 0 Å². The minimum atomic E-state index is -1.16. The maximum Gasteiger partial charge on any atom is 0.371 e. The summed E-state index contributed by atoms with van der Waals surface area (Å²) in [5.74, 6) is -2.25. The number of hydrogen-bond acceptors (Lipinski definition) is 3. The number of carboxylic acids is 1. The van der Waals surface area contributed by atoms with Gasteiger partial charge < -0.3 is 14.8 Å². The molecule has 2 N–H and O–H groups in total. The second kappa shape index (κ2) is 5.09. The third-order valence-electron chi connectivity index (χ3n) is 2.58. The van der Waals surface area contributed by atoms with Crippen LogP contribution in [0.1, 0.15) is 21.9 Å². The molecular formula is C13H11F2NO3. The average molecular weight is 267 g/mol. The smallest absolute Gasteiger partial charge is 0.371 e. The lowest BCUT2D eigenvalue weighted by Gasteiger charge is -2.05. The number of benzene rings is 1. The number of halogens is 2. The first-order valence-corrected chi connectivity index (χ1v) is 5.48. The molecule has 0 aliphatic rings. The van der Waals surface area contributed by atoms with Gasteiger partial charge in [-0.05, 0) is 25.1 Å². The van der Waals surface area contributed by atoms with Crippen molar-refractivity contribution in [2.45, 2.75) is 13.5 Å². The fourth-order valence-corrected chi connectivity index (χ4v) is 1.65. The molecule has 0 saturated heterocycles. The van der Waals surface area contributed by atoms with Crippen LogP contribution < -0.4 is 5.32 Å². The first kappa shape index (κ1) is 13.1. The molecular weight excluding hydrogens is 256 g/mol. The zero-order chi connectivity index (χ0) is 14.0. The number of carboxylic acid groups (broad SMARTS) is 1. The first-order valence-electron chi connectivity index (χ1n) is 5.48. The van der Waals surface area contributed by atoms with E-state index in [9.17, 15) is 13.6 Å². The summed E-state index contributed by atoms with van der Waals surface area (Å²) in [7, 11) is 0. The molecule has 2 rings (SSSR count). The number of hydrogen-bond donors (Lipinski definition) is 2. The van der Waals surface area contributed by atoms with Crippen LogP contribution in [0.3, 0.4) is 0 Å². The Bertz CT molecular complexity index is 602. The maximum atomic E-state index is 13.0. The molecule has 0 amide bonds. The highest BCUT2D eigenvalue weighted by molar-refractivity contribution is 5.84. The van der Waals surface area contributed by atoms with Crippen molar-refractivity contribution in [3.63, 3.8) is 0 Å². The summed E-state index contributed by atoms with van der Waals surface area (Å²) in [6.07, 6.45) is 0. The van der Waals surface area contributed by atoms with Crippen molar-refractivity contribution in [2.24, 2.45) is 0 Å². The molecule has 100 valence electrons. The Kier molecular flexibility index (Phi) is 3.50. The molecule has 0 unspecified atom stereocenters. The highest BCUT2D eigenvalue weighted by Gasteiger charge is 2.12. The number of aryl methyl sites for hydroxylation is 1. The molecule has 0 spiro atoms. The van der Waals surface area contributed by atoms with Gasteiger partial charge in [0.05, 0.1) is 0 Å². The topological polar surface area (TPSA) is 62.5 Å². The molecule has 0 aliphatic carbocycles. The number of furan rings is 1. The Morgan fingerprint density at radius 3 is 2.42 bits per heavy atom. The van der Waals surface area contributed by atoms with Gasteiger partial charge in [-0.1, -0.05) is 0 Å². The Labute approximate surface area is 107 Å². The van der Waals surface area contributed by atoms with Crippen LogP contribution in [0.5, 0.6) is 0 Å². The van der Waals surface area contributed by atoms with Crippen LogP contribution in [0.25, 0.3) is 0 Å². The molecule has 0 aliphatic heterocycles. The SMILES string of the molecule is Cc1oc(C(=O)O)cc1CNc1cc(F)cc(F)c1. The fraction of sp³-hybridized carbons (Fsp3) is 0.154. The van der Waals surface area contributed by atoms with Crippen LogP contribution in [0, 0.1) is 18.6 Å². The molecule has 1 aromatic heterocycles. The minimum absolute atomic E-state index is 0.167. The third kappa shape index (κ3) is 3.09. The first-order chi connectivity index (χ1) is 8.95. The quantitative estimate of drug-likeness (QED) is 0.893. The van der Waals surface area contributed by atoms with Crippen molar-refractivity contribution in [1.29, 1.82) is 0 Å². The second-order valence-corrected chi connectivity index (χ2v) is 4.01. The second-order valence-electron chi connectivity index (χ2n) is 4.01. The van der Waals surface area contributed by atoms with Crippen molar-refractivity contribution < 1.29 is 23.1 Å². The van der Waals surface area contributed by atoms with E-state index >= 15 is 0 Å². The maximum absolute atomic E-state index is 13.0. The van der Waals surface area contributed by atoms with Crippen LogP contribution in [-0.4, -0.2) is 11.1 Å². The molecule has 6 heteroatoms. The van der Waals surface area contributed by atoms with E-state index in [0.29, 0.717) is 11.3 Å². The van der Waals surface area contributed by atoms with E-state index < -0.39 is 17.6 Å². The van der Waals surface area contributed by atoms with Crippen molar-refractivity contribution in [1.82, 2.24) is 0 Å². The summed E-state index contributed by atoms with van der Waals surface area (Å²) in [6, 6.07) is 4.45. The highest BCUT2D eigenvalue weighted by atomic mass is 19.1. The van der Waals surface area contributed by atoms with Crippen LogP contribution in [0.15, 0.2) is 28.7 Å². The molecule has 0 fully saturated rings. The normalized spacial score (nSPS) is 10.5. The predicted octanol–water partition coefficient (Wildman–Crippen LogP) is 3.18. The van der Waals surface area contributed by atoms with E-state index in [4.69, 9.17) is 9.52 Å². The van der Waals surface area contributed by atoms with Gasteiger partial charge in [-0.2, -0.15) is 0 Å². The summed E-state index contributed by atoms with van der Waals surface area (Å²) >= 11 is 0. The standard InChI is InChI=1S/C13H11F2NO3/c1-7-8(2-12(19-7)13(17)18)6-16-11-4-9(14)3-10(15)5-11/h2-5,16H,6H2,1H3,(H,17,18). The number of rotatable bonds is 4. The van der Waals surface area contributed by atoms with Gasteiger partial charge in [-0.15, -0.1) is 0 Å². The van der Waals surface area contributed by atoms with Gasteiger partial charge in [0.15, 0.2) is 0 Å². The molecule has 2 aromatic rings. The summed E-state index contributed by atoms with van der Waals surface area (Å²) in [6.45, 7) is 1.83. The number of carbonyl (C=O) groups is 1. The number of anilines is 1. The zero-order valence-corrected chi connectivity index (χ0v) is 10.0. The van der Waals surface area contributed by atoms with Crippen LogP contribution >= 0.6 is 0 Å². The van der Waals surface area contributed by atoms with Gasteiger partial charge in [-0.25, -0.2) is 13.6 Å². The average Bonchev–Trinajstić information content (AvgIpc) is 2.67. The highest BCUT2D eigenvalue weighted by Crippen LogP contribution is 2.18. The van der Waals surface area contributed by atoms with Crippen LogP contribution in [0.4, 0.5) is 14.5 Å². The van der Waals surface area contributed by atoms with Gasteiger partial charge in [0.25, 0.3) is 0 Å². The lowest BCUT2D eigenvalue weighted by molar-refractivity contribution is 0.0661. The Hall–Kier alpha value is -2.37. The Morgan fingerprint density at radius 1 is 1.26 bits per heavy atom. The van der Waals surface area contributed by atoms with E-state index in [1.54, 1.807) is 6.92 Å².